The number of aliphatic carboxylic acids is 1. The lowest BCUT2D eigenvalue weighted by Gasteiger charge is -2.16. The van der Waals surface area contributed by atoms with Crippen LogP contribution in [-0.4, -0.2) is 39.8 Å². The maximum Gasteiger partial charge on any atom is 0.346 e. The van der Waals surface area contributed by atoms with Gasteiger partial charge < -0.3 is 19.9 Å². The number of hydrogen-bond donors (Lipinski definition) is 3. The highest BCUT2D eigenvalue weighted by Gasteiger charge is 2.37. The second-order valence-corrected chi connectivity index (χ2v) is 7.25. The van der Waals surface area contributed by atoms with Crippen molar-refractivity contribution in [3.05, 3.63) is 45.7 Å². The van der Waals surface area contributed by atoms with Gasteiger partial charge in [0.1, 0.15) is 11.4 Å². The lowest BCUT2D eigenvalue weighted by molar-refractivity contribution is -0.144. The zero-order chi connectivity index (χ0) is 18.9. The Morgan fingerprint density at radius 3 is 2.77 bits per heavy atom. The Morgan fingerprint density at radius 1 is 1.42 bits per heavy atom. The summed E-state index contributed by atoms with van der Waals surface area (Å²) in [5, 5.41) is 18.8. The number of carbonyl (C=O) groups is 2. The minimum absolute atomic E-state index is 0.198. The van der Waals surface area contributed by atoms with Crippen LogP contribution in [0, 0.1) is 0 Å². The summed E-state index contributed by atoms with van der Waals surface area (Å²) < 4.78 is 11.9. The molecule has 0 radical (unpaired) electrons. The zero-order valence-electron chi connectivity index (χ0n) is 14.2. The van der Waals surface area contributed by atoms with Crippen LogP contribution >= 0.6 is 15.9 Å². The number of benzene rings is 1. The first-order valence-electron chi connectivity index (χ1n) is 7.93. The summed E-state index contributed by atoms with van der Waals surface area (Å²) in [5.74, 6) is -1.26. The van der Waals surface area contributed by atoms with Crippen molar-refractivity contribution in [2.75, 3.05) is 6.54 Å². The molecule has 138 valence electrons. The second-order valence-electron chi connectivity index (χ2n) is 6.33. The molecular formula is C17H18BrN3O5. The SMILES string of the molecule is CC1(C)OCc2c(C(=O)NCC(Oc3ccc(Br)cc3)C(=O)O)n[nH]c21. The standard InChI is InChI=1S/C17H18BrN3O5/c1-17(2)14-11(8-25-17)13(20-21-14)15(22)19-7-12(16(23)24)26-10-5-3-9(18)4-6-10/h3-6,12H,7-8H2,1-2H3,(H,19,22)(H,20,21)(H,23,24). The van der Waals surface area contributed by atoms with Gasteiger partial charge in [0.25, 0.3) is 5.91 Å². The summed E-state index contributed by atoms with van der Waals surface area (Å²) in [5.41, 5.74) is 1.12. The van der Waals surface area contributed by atoms with Gasteiger partial charge in [0.2, 0.25) is 6.10 Å². The predicted octanol–water partition coefficient (Wildman–Crippen LogP) is 2.20. The van der Waals surface area contributed by atoms with Crippen molar-refractivity contribution >= 4 is 27.8 Å². The molecule has 0 aliphatic carbocycles. The van der Waals surface area contributed by atoms with Crippen LogP contribution in [-0.2, 0) is 21.7 Å². The zero-order valence-corrected chi connectivity index (χ0v) is 15.8. The van der Waals surface area contributed by atoms with Crippen molar-refractivity contribution in [2.45, 2.75) is 32.2 Å². The number of aromatic nitrogens is 2. The maximum absolute atomic E-state index is 12.4. The molecule has 8 nitrogen and oxygen atoms in total. The summed E-state index contributed by atoms with van der Waals surface area (Å²) in [6, 6.07) is 6.76. The highest BCUT2D eigenvalue weighted by atomic mass is 79.9. The van der Waals surface area contributed by atoms with Crippen LogP contribution in [0.25, 0.3) is 0 Å². The molecular weight excluding hydrogens is 406 g/mol. The van der Waals surface area contributed by atoms with Gasteiger partial charge in [0.15, 0.2) is 5.69 Å². The van der Waals surface area contributed by atoms with Crippen molar-refractivity contribution in [2.24, 2.45) is 0 Å². The fourth-order valence-electron chi connectivity index (χ4n) is 2.64. The van der Waals surface area contributed by atoms with E-state index in [1.807, 2.05) is 13.8 Å². The van der Waals surface area contributed by atoms with Gasteiger partial charge in [0, 0.05) is 10.0 Å². The molecule has 0 saturated carbocycles. The minimum atomic E-state index is -1.22. The van der Waals surface area contributed by atoms with Gasteiger partial charge in [-0.3, -0.25) is 9.89 Å². The average Bonchev–Trinajstić information content (AvgIpc) is 3.14. The van der Waals surface area contributed by atoms with E-state index in [1.165, 1.54) is 0 Å². The first kappa shape index (κ1) is 18.4. The molecule has 9 heteroatoms. The normalized spacial score (nSPS) is 16.0. The Morgan fingerprint density at radius 2 is 2.12 bits per heavy atom. The molecule has 2 aromatic rings. The molecule has 0 fully saturated rings. The molecule has 0 spiro atoms. The number of carbonyl (C=O) groups excluding carboxylic acids is 1. The maximum atomic E-state index is 12.4. The third-order valence-electron chi connectivity index (χ3n) is 4.08. The molecule has 1 aliphatic rings. The quantitative estimate of drug-likeness (QED) is 0.656. The average molecular weight is 424 g/mol. The van der Waals surface area contributed by atoms with Gasteiger partial charge in [-0.05, 0) is 38.1 Å². The fourth-order valence-corrected chi connectivity index (χ4v) is 2.91. The number of H-pyrrole nitrogens is 1. The Hall–Kier alpha value is -2.39. The van der Waals surface area contributed by atoms with Gasteiger partial charge >= 0.3 is 5.97 Å². The van der Waals surface area contributed by atoms with E-state index in [0.717, 1.165) is 10.2 Å². The van der Waals surface area contributed by atoms with E-state index in [4.69, 9.17) is 9.47 Å². The van der Waals surface area contributed by atoms with Gasteiger partial charge in [-0.2, -0.15) is 5.10 Å². The summed E-state index contributed by atoms with van der Waals surface area (Å²) in [6.45, 7) is 3.84. The molecule has 26 heavy (non-hydrogen) atoms. The van der Waals surface area contributed by atoms with Gasteiger partial charge in [-0.25, -0.2) is 4.79 Å². The number of amides is 1. The van der Waals surface area contributed by atoms with E-state index in [1.54, 1.807) is 24.3 Å². The number of carboxylic acid groups (broad SMARTS) is 1. The Balaban J connectivity index is 1.65. The molecule has 3 rings (SSSR count). The molecule has 1 aromatic heterocycles. The molecule has 1 unspecified atom stereocenters. The first-order chi connectivity index (χ1) is 12.3. The van der Waals surface area contributed by atoms with Crippen molar-refractivity contribution in [3.63, 3.8) is 0 Å². The summed E-state index contributed by atoms with van der Waals surface area (Å²) in [6.07, 6.45) is -1.22. The molecule has 0 saturated heterocycles. The third-order valence-corrected chi connectivity index (χ3v) is 4.61. The van der Waals surface area contributed by atoms with Gasteiger partial charge in [0.05, 0.1) is 18.8 Å². The van der Waals surface area contributed by atoms with Crippen LogP contribution in [0.15, 0.2) is 28.7 Å². The number of hydrogen-bond acceptors (Lipinski definition) is 5. The number of fused-ring (bicyclic) bond motifs is 1. The van der Waals surface area contributed by atoms with Gasteiger partial charge in [-0.1, -0.05) is 15.9 Å². The molecule has 1 aliphatic heterocycles. The Labute approximate surface area is 158 Å². The lowest BCUT2D eigenvalue weighted by atomic mass is 10.0. The van der Waals surface area contributed by atoms with Crippen LogP contribution < -0.4 is 10.1 Å². The fraction of sp³-hybridized carbons (Fsp3) is 0.353. The van der Waals surface area contributed by atoms with E-state index in [2.05, 4.69) is 31.4 Å². The van der Waals surface area contributed by atoms with Crippen LogP contribution in [0.2, 0.25) is 0 Å². The van der Waals surface area contributed by atoms with E-state index < -0.39 is 23.6 Å². The topological polar surface area (TPSA) is 114 Å². The number of ether oxygens (including phenoxy) is 2. The van der Waals surface area contributed by atoms with E-state index in [9.17, 15) is 14.7 Å². The predicted molar refractivity (Wildman–Crippen MR) is 94.9 cm³/mol. The first-order valence-corrected chi connectivity index (χ1v) is 8.72. The number of nitrogens with one attached hydrogen (secondary N) is 2. The van der Waals surface area contributed by atoms with Crippen molar-refractivity contribution in [1.29, 1.82) is 0 Å². The monoisotopic (exact) mass is 423 g/mol. The summed E-state index contributed by atoms with van der Waals surface area (Å²) >= 11 is 3.30. The molecule has 2 heterocycles. The number of halogens is 1. The van der Waals surface area contributed by atoms with Crippen molar-refractivity contribution in [3.8, 4) is 5.75 Å². The minimum Gasteiger partial charge on any atom is -0.478 e. The smallest absolute Gasteiger partial charge is 0.346 e. The summed E-state index contributed by atoms with van der Waals surface area (Å²) in [4.78, 5) is 23.8. The van der Waals surface area contributed by atoms with Crippen LogP contribution in [0.3, 0.4) is 0 Å². The van der Waals surface area contributed by atoms with Crippen LogP contribution in [0.4, 0.5) is 0 Å². The summed E-state index contributed by atoms with van der Waals surface area (Å²) in [7, 11) is 0. The van der Waals surface area contributed by atoms with Crippen LogP contribution in [0.5, 0.6) is 5.75 Å². The van der Waals surface area contributed by atoms with Crippen molar-refractivity contribution < 1.29 is 24.2 Å². The number of aromatic amines is 1. The highest BCUT2D eigenvalue weighted by Crippen LogP contribution is 2.35. The molecule has 3 N–H and O–H groups in total. The Kier molecular flexibility index (Phi) is 5.01. The lowest BCUT2D eigenvalue weighted by Crippen LogP contribution is -2.40. The number of nitrogens with zero attached hydrogens (tertiary/aromatic N) is 1. The number of rotatable bonds is 6. The van der Waals surface area contributed by atoms with E-state index >= 15 is 0 Å². The number of carboxylic acids is 1. The van der Waals surface area contributed by atoms with Crippen LogP contribution in [0.1, 0.15) is 35.6 Å². The van der Waals surface area contributed by atoms with Gasteiger partial charge in [-0.15, -0.1) is 0 Å². The largest absolute Gasteiger partial charge is 0.478 e. The highest BCUT2D eigenvalue weighted by molar-refractivity contribution is 9.10. The Bertz CT molecular complexity index is 831. The van der Waals surface area contributed by atoms with Crippen molar-refractivity contribution in [1.82, 2.24) is 15.5 Å². The van der Waals surface area contributed by atoms with E-state index in [-0.39, 0.29) is 18.8 Å². The second kappa shape index (κ2) is 7.08. The molecule has 1 amide bonds. The third kappa shape index (κ3) is 3.73. The molecule has 1 atom stereocenters. The van der Waals surface area contributed by atoms with E-state index in [0.29, 0.717) is 11.3 Å². The molecule has 1 aromatic carbocycles. The molecule has 0 bridgehead atoms.